The second-order valence-corrected chi connectivity index (χ2v) is 7.70. The van der Waals surface area contributed by atoms with Gasteiger partial charge in [-0.1, -0.05) is 36.0 Å². The Kier molecular flexibility index (Phi) is 7.26. The SMILES string of the molecule is COc1ccc(C(CNC(=O)c2ccc(CSc3ncn[nH]3)cc2)N(C)C)cc1. The van der Waals surface area contributed by atoms with Gasteiger partial charge in [0.2, 0.25) is 0 Å². The maximum absolute atomic E-state index is 12.6. The molecular formula is C21H25N5O2S. The number of carbonyl (C=O) groups is 1. The number of amides is 1. The lowest BCUT2D eigenvalue weighted by atomic mass is 10.1. The minimum Gasteiger partial charge on any atom is -0.497 e. The Bertz CT molecular complexity index is 896. The van der Waals surface area contributed by atoms with E-state index in [9.17, 15) is 4.79 Å². The number of nitrogens with one attached hydrogen (secondary N) is 2. The summed E-state index contributed by atoms with van der Waals surface area (Å²) in [6.45, 7) is 0.515. The van der Waals surface area contributed by atoms with Crippen LogP contribution in [0.3, 0.4) is 0 Å². The number of hydrogen-bond donors (Lipinski definition) is 2. The molecule has 2 N–H and O–H groups in total. The van der Waals surface area contributed by atoms with Crippen molar-refractivity contribution in [3.05, 3.63) is 71.5 Å². The lowest BCUT2D eigenvalue weighted by molar-refractivity contribution is 0.0942. The normalized spacial score (nSPS) is 12.0. The summed E-state index contributed by atoms with van der Waals surface area (Å²) in [5.74, 6) is 1.49. The molecule has 0 saturated heterocycles. The molecule has 1 unspecified atom stereocenters. The van der Waals surface area contributed by atoms with E-state index in [1.165, 1.54) is 6.33 Å². The molecule has 3 aromatic rings. The first-order valence-corrected chi connectivity index (χ1v) is 10.2. The lowest BCUT2D eigenvalue weighted by Gasteiger charge is -2.25. The lowest BCUT2D eigenvalue weighted by Crippen LogP contribution is -2.34. The van der Waals surface area contributed by atoms with Crippen LogP contribution in [-0.4, -0.2) is 53.7 Å². The zero-order valence-electron chi connectivity index (χ0n) is 16.8. The van der Waals surface area contributed by atoms with Crippen LogP contribution in [0.15, 0.2) is 60.0 Å². The number of likely N-dealkylation sites (N-methyl/N-ethyl adjacent to an activating group) is 1. The first kappa shape index (κ1) is 20.9. The van der Waals surface area contributed by atoms with Crippen molar-refractivity contribution in [3.63, 3.8) is 0 Å². The molecule has 3 rings (SSSR count). The van der Waals surface area contributed by atoms with Crippen molar-refractivity contribution in [2.75, 3.05) is 27.7 Å². The van der Waals surface area contributed by atoms with Crippen molar-refractivity contribution in [1.29, 1.82) is 0 Å². The van der Waals surface area contributed by atoms with Gasteiger partial charge in [-0.25, -0.2) is 4.98 Å². The van der Waals surface area contributed by atoms with Crippen molar-refractivity contribution in [1.82, 2.24) is 25.4 Å². The molecule has 29 heavy (non-hydrogen) atoms. The molecule has 1 heterocycles. The monoisotopic (exact) mass is 411 g/mol. The van der Waals surface area contributed by atoms with Gasteiger partial charge in [-0.05, 0) is 49.5 Å². The summed E-state index contributed by atoms with van der Waals surface area (Å²) >= 11 is 1.57. The molecular weight excluding hydrogens is 386 g/mol. The fourth-order valence-corrected chi connectivity index (χ4v) is 3.62. The van der Waals surface area contributed by atoms with Crippen molar-refractivity contribution >= 4 is 17.7 Å². The van der Waals surface area contributed by atoms with Crippen LogP contribution in [0.4, 0.5) is 0 Å². The zero-order chi connectivity index (χ0) is 20.6. The van der Waals surface area contributed by atoms with Crippen LogP contribution in [-0.2, 0) is 5.75 Å². The number of aromatic amines is 1. The van der Waals surface area contributed by atoms with E-state index >= 15 is 0 Å². The van der Waals surface area contributed by atoms with Crippen molar-refractivity contribution in [2.45, 2.75) is 17.0 Å². The van der Waals surface area contributed by atoms with Gasteiger partial charge in [0.1, 0.15) is 12.1 Å². The molecule has 1 amide bonds. The van der Waals surface area contributed by atoms with Gasteiger partial charge in [-0.3, -0.25) is 9.89 Å². The largest absolute Gasteiger partial charge is 0.497 e. The molecule has 0 fully saturated rings. The van der Waals surface area contributed by atoms with Gasteiger partial charge in [-0.2, -0.15) is 5.10 Å². The van der Waals surface area contributed by atoms with Gasteiger partial charge in [0.15, 0.2) is 5.16 Å². The molecule has 0 saturated carbocycles. The van der Waals surface area contributed by atoms with Crippen LogP contribution in [0.2, 0.25) is 0 Å². The number of thioether (sulfide) groups is 1. The Hall–Kier alpha value is -2.84. The topological polar surface area (TPSA) is 83.1 Å². The number of aromatic nitrogens is 3. The highest BCUT2D eigenvalue weighted by molar-refractivity contribution is 7.98. The maximum atomic E-state index is 12.6. The van der Waals surface area contributed by atoms with Gasteiger partial charge >= 0.3 is 0 Å². The Balaban J connectivity index is 1.56. The van der Waals surface area contributed by atoms with Crippen molar-refractivity contribution in [3.8, 4) is 5.75 Å². The molecule has 152 valence electrons. The van der Waals surface area contributed by atoms with E-state index in [1.54, 1.807) is 18.9 Å². The molecule has 0 aliphatic rings. The third-order valence-corrected chi connectivity index (χ3v) is 5.51. The number of methoxy groups -OCH3 is 1. The summed E-state index contributed by atoms with van der Waals surface area (Å²) < 4.78 is 5.22. The van der Waals surface area contributed by atoms with Crippen molar-refractivity contribution in [2.24, 2.45) is 0 Å². The van der Waals surface area contributed by atoms with Crippen LogP contribution in [0.25, 0.3) is 0 Å². The quantitative estimate of drug-likeness (QED) is 0.527. The number of nitrogens with zero attached hydrogens (tertiary/aromatic N) is 3. The molecule has 2 aromatic carbocycles. The molecule has 0 radical (unpaired) electrons. The summed E-state index contributed by atoms with van der Waals surface area (Å²) in [7, 11) is 5.65. The Morgan fingerprint density at radius 2 is 1.90 bits per heavy atom. The molecule has 7 nitrogen and oxygen atoms in total. The molecule has 0 aliphatic carbocycles. The maximum Gasteiger partial charge on any atom is 0.251 e. The Morgan fingerprint density at radius 1 is 1.17 bits per heavy atom. The summed E-state index contributed by atoms with van der Waals surface area (Å²) in [6, 6.07) is 15.6. The van der Waals surface area contributed by atoms with E-state index in [2.05, 4.69) is 25.4 Å². The zero-order valence-corrected chi connectivity index (χ0v) is 17.6. The minimum atomic E-state index is -0.0835. The van der Waals surface area contributed by atoms with Crippen LogP contribution in [0.5, 0.6) is 5.75 Å². The van der Waals surface area contributed by atoms with Crippen molar-refractivity contribution < 1.29 is 9.53 Å². The van der Waals surface area contributed by atoms with E-state index in [0.717, 1.165) is 27.8 Å². The Labute approximate surface area is 174 Å². The highest BCUT2D eigenvalue weighted by Crippen LogP contribution is 2.21. The number of carbonyl (C=O) groups excluding carboxylic acids is 1. The second kappa shape index (κ2) is 10.1. The third kappa shape index (κ3) is 5.82. The molecule has 8 heteroatoms. The van der Waals surface area contributed by atoms with Gasteiger partial charge in [0.25, 0.3) is 5.91 Å². The predicted molar refractivity (Wildman–Crippen MR) is 114 cm³/mol. The molecule has 1 atom stereocenters. The predicted octanol–water partition coefficient (Wildman–Crippen LogP) is 3.14. The first-order chi connectivity index (χ1) is 14.1. The highest BCUT2D eigenvalue weighted by Gasteiger charge is 2.16. The van der Waals surface area contributed by atoms with Crippen LogP contribution < -0.4 is 10.1 Å². The number of ether oxygens (including phenoxy) is 1. The molecule has 0 bridgehead atoms. The number of hydrogen-bond acceptors (Lipinski definition) is 6. The van der Waals surface area contributed by atoms with E-state index in [4.69, 9.17) is 4.74 Å². The van der Waals surface area contributed by atoms with Gasteiger partial charge in [0.05, 0.1) is 13.2 Å². The van der Waals surface area contributed by atoms with Gasteiger partial charge in [-0.15, -0.1) is 0 Å². The van der Waals surface area contributed by atoms with E-state index in [0.29, 0.717) is 12.1 Å². The standard InChI is InChI=1S/C21H25N5O2S/c1-26(2)19(16-8-10-18(28-3)11-9-16)12-22-20(27)17-6-4-15(5-7-17)13-29-21-23-14-24-25-21/h4-11,14,19H,12-13H2,1-3H3,(H,22,27)(H,23,24,25). The number of rotatable bonds is 9. The van der Waals surface area contributed by atoms with E-state index in [1.807, 2.05) is 62.6 Å². The van der Waals surface area contributed by atoms with E-state index in [-0.39, 0.29) is 11.9 Å². The first-order valence-electron chi connectivity index (χ1n) is 9.22. The molecule has 0 spiro atoms. The molecule has 0 aliphatic heterocycles. The second-order valence-electron chi connectivity index (χ2n) is 6.74. The van der Waals surface area contributed by atoms with Gasteiger partial charge in [0, 0.05) is 17.9 Å². The highest BCUT2D eigenvalue weighted by atomic mass is 32.2. The summed E-state index contributed by atoms with van der Waals surface area (Å²) in [5.41, 5.74) is 2.88. The number of H-pyrrole nitrogens is 1. The Morgan fingerprint density at radius 3 is 2.48 bits per heavy atom. The fraction of sp³-hybridized carbons (Fsp3) is 0.286. The van der Waals surface area contributed by atoms with E-state index < -0.39 is 0 Å². The average Bonchev–Trinajstić information content (AvgIpc) is 3.26. The number of benzene rings is 2. The minimum absolute atomic E-state index is 0.0717. The van der Waals surface area contributed by atoms with Gasteiger partial charge < -0.3 is 15.0 Å². The third-order valence-electron chi connectivity index (χ3n) is 4.56. The van der Waals surface area contributed by atoms with Crippen LogP contribution >= 0.6 is 11.8 Å². The summed E-state index contributed by atoms with van der Waals surface area (Å²) in [4.78, 5) is 18.8. The van der Waals surface area contributed by atoms with Crippen LogP contribution in [0.1, 0.15) is 27.5 Å². The average molecular weight is 412 g/mol. The molecule has 1 aromatic heterocycles. The fourth-order valence-electron chi connectivity index (χ4n) is 2.88. The smallest absolute Gasteiger partial charge is 0.251 e. The summed E-state index contributed by atoms with van der Waals surface area (Å²) in [5, 5.41) is 10.5. The summed E-state index contributed by atoms with van der Waals surface area (Å²) in [6.07, 6.45) is 1.49. The van der Waals surface area contributed by atoms with Crippen LogP contribution in [0, 0.1) is 0 Å².